The molecule has 1 saturated heterocycles. The fourth-order valence-electron chi connectivity index (χ4n) is 4.18. The molecular formula is C22H26BrClN6O4S. The van der Waals surface area contributed by atoms with Crippen LogP contribution in [-0.2, 0) is 16.5 Å². The van der Waals surface area contributed by atoms with E-state index in [2.05, 4.69) is 35.9 Å². The number of carbonyl (C=O) groups is 2. The molecule has 0 aromatic carbocycles. The van der Waals surface area contributed by atoms with Crippen molar-refractivity contribution in [1.82, 2.24) is 24.7 Å². The number of anilines is 1. The van der Waals surface area contributed by atoms with Gasteiger partial charge < -0.3 is 19.4 Å². The van der Waals surface area contributed by atoms with Gasteiger partial charge in [-0.05, 0) is 42.1 Å². The van der Waals surface area contributed by atoms with E-state index >= 15 is 0 Å². The van der Waals surface area contributed by atoms with Gasteiger partial charge in [-0.3, -0.25) is 4.79 Å². The fourth-order valence-corrected chi connectivity index (χ4v) is 5.77. The first-order chi connectivity index (χ1) is 16.7. The van der Waals surface area contributed by atoms with Gasteiger partial charge in [-0.1, -0.05) is 22.9 Å². The lowest BCUT2D eigenvalue weighted by Gasteiger charge is -2.37. The van der Waals surface area contributed by atoms with Gasteiger partial charge in [0.05, 0.1) is 22.2 Å². The molecule has 13 heteroatoms. The van der Waals surface area contributed by atoms with E-state index < -0.39 is 5.97 Å². The number of hydrogen-bond donors (Lipinski definition) is 1. The van der Waals surface area contributed by atoms with Crippen molar-refractivity contribution in [1.29, 1.82) is 0 Å². The molecule has 0 bridgehead atoms. The molecule has 4 heterocycles. The van der Waals surface area contributed by atoms with Crippen LogP contribution in [0.3, 0.4) is 0 Å². The van der Waals surface area contributed by atoms with Gasteiger partial charge in [0.2, 0.25) is 0 Å². The number of halogens is 2. The van der Waals surface area contributed by atoms with Crippen LogP contribution in [0.1, 0.15) is 45.6 Å². The molecule has 1 N–H and O–H groups in total. The van der Waals surface area contributed by atoms with Gasteiger partial charge in [-0.25, -0.2) is 19.4 Å². The first kappa shape index (κ1) is 25.8. The Morgan fingerprint density at radius 1 is 1.40 bits per heavy atom. The Hall–Kier alpha value is -2.28. The van der Waals surface area contributed by atoms with Crippen LogP contribution in [0.4, 0.5) is 5.13 Å². The van der Waals surface area contributed by atoms with E-state index in [9.17, 15) is 9.59 Å². The average molecular weight is 586 g/mol. The molecule has 0 radical (unpaired) electrons. The van der Waals surface area contributed by atoms with Gasteiger partial charge in [0.1, 0.15) is 22.6 Å². The van der Waals surface area contributed by atoms with Crippen LogP contribution in [-0.4, -0.2) is 69.4 Å². The van der Waals surface area contributed by atoms with Crippen molar-refractivity contribution in [3.05, 3.63) is 32.1 Å². The monoisotopic (exact) mass is 584 g/mol. The molecule has 1 aliphatic heterocycles. The lowest BCUT2D eigenvalue weighted by Crippen LogP contribution is -2.45. The number of hydrogen-bond acceptors (Lipinski definition) is 9. The minimum atomic E-state index is -0.442. The summed E-state index contributed by atoms with van der Waals surface area (Å²) in [5.41, 5.74) is 1.68. The number of nitrogens with one attached hydrogen (secondary N) is 1. The van der Waals surface area contributed by atoms with E-state index in [0.717, 1.165) is 12.1 Å². The third-order valence-corrected chi connectivity index (χ3v) is 8.74. The smallest absolute Gasteiger partial charge is 0.350 e. The number of rotatable bonds is 8. The third kappa shape index (κ3) is 5.16. The van der Waals surface area contributed by atoms with Gasteiger partial charge >= 0.3 is 5.97 Å². The highest BCUT2D eigenvalue weighted by Crippen LogP contribution is 2.37. The highest BCUT2D eigenvalue weighted by molar-refractivity contribution is 9.10. The van der Waals surface area contributed by atoms with Crippen LogP contribution >= 0.6 is 38.9 Å². The zero-order valence-electron chi connectivity index (χ0n) is 19.8. The van der Waals surface area contributed by atoms with E-state index in [1.165, 1.54) is 17.7 Å². The van der Waals surface area contributed by atoms with E-state index in [4.69, 9.17) is 26.1 Å². The number of aromatic nitrogens is 5. The molecule has 0 aliphatic carbocycles. The van der Waals surface area contributed by atoms with Gasteiger partial charge in [0, 0.05) is 39.4 Å². The number of ketones is 1. The summed E-state index contributed by atoms with van der Waals surface area (Å²) in [7, 11) is 3.39. The third-order valence-electron chi connectivity index (χ3n) is 6.05. The van der Waals surface area contributed by atoms with E-state index in [1.807, 2.05) is 6.92 Å². The van der Waals surface area contributed by atoms with Crippen molar-refractivity contribution in [2.24, 2.45) is 13.0 Å². The number of aryl methyl sites for hydroxylation is 2. The minimum Gasteiger partial charge on any atom is -0.462 e. The Morgan fingerprint density at radius 2 is 2.17 bits per heavy atom. The maximum atomic E-state index is 13.0. The second-order valence-electron chi connectivity index (χ2n) is 8.25. The Kier molecular flexibility index (Phi) is 7.94. The van der Waals surface area contributed by atoms with Crippen molar-refractivity contribution in [3.63, 3.8) is 0 Å². The van der Waals surface area contributed by atoms with Crippen molar-refractivity contribution in [2.45, 2.75) is 32.8 Å². The van der Waals surface area contributed by atoms with Crippen molar-refractivity contribution < 1.29 is 19.1 Å². The van der Waals surface area contributed by atoms with Gasteiger partial charge in [0.15, 0.2) is 16.7 Å². The number of esters is 1. The Balaban J connectivity index is 1.54. The van der Waals surface area contributed by atoms with Gasteiger partial charge in [-0.2, -0.15) is 5.10 Å². The van der Waals surface area contributed by atoms with Crippen LogP contribution < -0.4 is 4.90 Å². The SMILES string of the molecule is CCOC(=O)c1sc(N2CC[C@@H](CC(=O)c3[nH]c(C)c(Br)c3Cl)[C@@H](OC)C2)nc1-c1ncnn1C. The summed E-state index contributed by atoms with van der Waals surface area (Å²) >= 11 is 11.0. The summed E-state index contributed by atoms with van der Waals surface area (Å²) in [6.45, 7) is 5.07. The minimum absolute atomic E-state index is 0.0184. The van der Waals surface area contributed by atoms with Gasteiger partial charge in [-0.15, -0.1) is 0 Å². The number of nitrogens with zero attached hydrogens (tertiary/aromatic N) is 5. The van der Waals surface area contributed by atoms with E-state index in [1.54, 1.807) is 25.8 Å². The predicted octanol–water partition coefficient (Wildman–Crippen LogP) is 4.28. The molecule has 2 atom stereocenters. The number of methoxy groups -OCH3 is 1. The van der Waals surface area contributed by atoms with E-state index in [0.29, 0.717) is 56.2 Å². The molecule has 1 aliphatic rings. The van der Waals surface area contributed by atoms with Crippen molar-refractivity contribution in [3.8, 4) is 11.5 Å². The molecule has 0 amide bonds. The van der Waals surface area contributed by atoms with Crippen LogP contribution in [0.25, 0.3) is 11.5 Å². The first-order valence-corrected chi connectivity index (χ1v) is 13.1. The number of ether oxygens (including phenoxy) is 2. The van der Waals surface area contributed by atoms with Crippen molar-refractivity contribution in [2.75, 3.05) is 31.7 Å². The maximum Gasteiger partial charge on any atom is 0.350 e. The summed E-state index contributed by atoms with van der Waals surface area (Å²) in [5.74, 6) is 0.0172. The standard InChI is InChI=1S/C22H26BrClN6O4S/c1-5-34-21(32)19-18(20-25-10-26-29(20)3)28-22(35-19)30-7-6-12(14(9-30)33-4)8-13(31)17-16(24)15(23)11(2)27-17/h10,12,14,27H,5-9H2,1-4H3/t12-,14-/m0/s1. The number of H-pyrrole nitrogens is 1. The average Bonchev–Trinajstić information content (AvgIpc) is 3.53. The topological polar surface area (TPSA) is 115 Å². The molecule has 1 fully saturated rings. The molecule has 188 valence electrons. The molecule has 10 nitrogen and oxygen atoms in total. The van der Waals surface area contributed by atoms with Crippen molar-refractivity contribution >= 4 is 55.8 Å². The molecule has 35 heavy (non-hydrogen) atoms. The highest BCUT2D eigenvalue weighted by atomic mass is 79.9. The summed E-state index contributed by atoms with van der Waals surface area (Å²) in [5, 5.41) is 5.18. The second-order valence-corrected chi connectivity index (χ2v) is 10.4. The summed E-state index contributed by atoms with van der Waals surface area (Å²) in [6.07, 6.45) is 2.26. The first-order valence-electron chi connectivity index (χ1n) is 11.1. The molecule has 0 unspecified atom stereocenters. The number of carbonyl (C=O) groups excluding carboxylic acids is 2. The van der Waals surface area contributed by atoms with Crippen LogP contribution in [0.5, 0.6) is 0 Å². The van der Waals surface area contributed by atoms with Crippen LogP contribution in [0.15, 0.2) is 10.8 Å². The highest BCUT2D eigenvalue weighted by Gasteiger charge is 2.34. The zero-order chi connectivity index (χ0) is 25.3. The normalized spacial score (nSPS) is 18.2. The van der Waals surface area contributed by atoms with Crippen LogP contribution in [0, 0.1) is 12.8 Å². The maximum absolute atomic E-state index is 13.0. The Labute approximate surface area is 220 Å². The molecule has 3 aromatic heterocycles. The summed E-state index contributed by atoms with van der Waals surface area (Å²) in [6, 6.07) is 0. The Morgan fingerprint density at radius 3 is 2.77 bits per heavy atom. The predicted molar refractivity (Wildman–Crippen MR) is 136 cm³/mol. The summed E-state index contributed by atoms with van der Waals surface area (Å²) < 4.78 is 13.3. The lowest BCUT2D eigenvalue weighted by atomic mass is 9.88. The fraction of sp³-hybridized carbons (Fsp3) is 0.500. The lowest BCUT2D eigenvalue weighted by molar-refractivity contribution is 0.0375. The zero-order valence-corrected chi connectivity index (χ0v) is 23.0. The number of thiazole rings is 1. The van der Waals surface area contributed by atoms with E-state index in [-0.39, 0.29) is 24.4 Å². The molecule has 4 rings (SSSR count). The molecule has 0 spiro atoms. The molecule has 3 aromatic rings. The second kappa shape index (κ2) is 10.8. The quantitative estimate of drug-likeness (QED) is 0.308. The van der Waals surface area contributed by atoms with Gasteiger partial charge in [0.25, 0.3) is 0 Å². The molecular weight excluding hydrogens is 560 g/mol. The number of Topliss-reactive ketones (excluding diaryl/α,β-unsaturated/α-hetero) is 1. The summed E-state index contributed by atoms with van der Waals surface area (Å²) in [4.78, 5) is 40.1. The number of aromatic amines is 1. The number of piperidine rings is 1. The van der Waals surface area contributed by atoms with Crippen LogP contribution in [0.2, 0.25) is 5.02 Å². The Bertz CT molecular complexity index is 1240. The molecule has 0 saturated carbocycles. The largest absolute Gasteiger partial charge is 0.462 e.